The first-order valence-corrected chi connectivity index (χ1v) is 4.26. The van der Waals surface area contributed by atoms with Crippen LogP contribution in [0.4, 0.5) is 0 Å². The second-order valence-corrected chi connectivity index (χ2v) is 2.99. The van der Waals surface area contributed by atoms with Crippen LogP contribution in [0.5, 0.6) is 11.5 Å². The van der Waals surface area contributed by atoms with Crippen molar-refractivity contribution in [3.8, 4) is 11.5 Å². The summed E-state index contributed by atoms with van der Waals surface area (Å²) >= 11 is 0. The van der Waals surface area contributed by atoms with Gasteiger partial charge in [0.1, 0.15) is 0 Å². The molecule has 0 fully saturated rings. The number of hydrogen-bond acceptors (Lipinski definition) is 4. The van der Waals surface area contributed by atoms with Gasteiger partial charge in [0.2, 0.25) is 5.78 Å². The van der Waals surface area contributed by atoms with Gasteiger partial charge < -0.3 is 14.6 Å². The molecule has 0 spiro atoms. The minimum Gasteiger partial charge on any atom is -0.493 e. The van der Waals surface area contributed by atoms with E-state index >= 15 is 0 Å². The van der Waals surface area contributed by atoms with Gasteiger partial charge in [0, 0.05) is 0 Å². The number of rotatable bonds is 2. The van der Waals surface area contributed by atoms with E-state index in [1.165, 1.54) is 7.11 Å². The molecule has 1 aromatic carbocycles. The molecule has 2 rings (SSSR count). The largest absolute Gasteiger partial charge is 0.493 e. The highest BCUT2D eigenvalue weighted by Gasteiger charge is 2.33. The maximum absolute atomic E-state index is 11.6. The van der Waals surface area contributed by atoms with Crippen LogP contribution < -0.4 is 9.47 Å². The molecule has 0 aliphatic carbocycles. The number of ether oxygens (including phenoxy) is 2. The average molecular weight is 194 g/mol. The molecule has 1 aromatic rings. The number of carbonyl (C=O) groups is 1. The van der Waals surface area contributed by atoms with Crippen LogP contribution in [-0.4, -0.2) is 30.7 Å². The van der Waals surface area contributed by atoms with Crippen molar-refractivity contribution in [2.75, 3.05) is 13.7 Å². The summed E-state index contributed by atoms with van der Waals surface area (Å²) in [6.07, 6.45) is -0.777. The summed E-state index contributed by atoms with van der Waals surface area (Å²) in [4.78, 5) is 11.6. The molecule has 0 saturated carbocycles. The van der Waals surface area contributed by atoms with E-state index in [0.717, 1.165) is 0 Å². The molecular weight excluding hydrogens is 184 g/mol. The quantitative estimate of drug-likeness (QED) is 0.750. The van der Waals surface area contributed by atoms with Gasteiger partial charge in [-0.15, -0.1) is 0 Å². The molecule has 74 valence electrons. The van der Waals surface area contributed by atoms with Crippen molar-refractivity contribution in [1.82, 2.24) is 0 Å². The molecule has 0 bridgehead atoms. The maximum atomic E-state index is 11.6. The normalized spacial score (nSPS) is 19.0. The van der Waals surface area contributed by atoms with E-state index in [9.17, 15) is 4.79 Å². The average Bonchev–Trinajstić information content (AvgIpc) is 2.55. The van der Waals surface area contributed by atoms with Gasteiger partial charge in [-0.3, -0.25) is 4.79 Å². The molecular formula is C10H10O4. The van der Waals surface area contributed by atoms with Gasteiger partial charge in [-0.05, 0) is 12.1 Å². The zero-order chi connectivity index (χ0) is 10.1. The Kier molecular flexibility index (Phi) is 2.13. The van der Waals surface area contributed by atoms with E-state index < -0.39 is 6.10 Å². The molecule has 1 N–H and O–H groups in total. The molecule has 0 amide bonds. The lowest BCUT2D eigenvalue weighted by Crippen LogP contribution is -2.24. The number of methoxy groups -OCH3 is 1. The summed E-state index contributed by atoms with van der Waals surface area (Å²) in [5.74, 6) is 0.757. The van der Waals surface area contributed by atoms with E-state index in [-0.39, 0.29) is 12.4 Å². The third-order valence-electron chi connectivity index (χ3n) is 2.18. The third-order valence-corrected chi connectivity index (χ3v) is 2.18. The van der Waals surface area contributed by atoms with Gasteiger partial charge in [0.15, 0.2) is 17.6 Å². The van der Waals surface area contributed by atoms with Crippen molar-refractivity contribution in [2.24, 2.45) is 0 Å². The Morgan fingerprint density at radius 2 is 2.36 bits per heavy atom. The van der Waals surface area contributed by atoms with Crippen LogP contribution >= 0.6 is 0 Å². The zero-order valence-corrected chi connectivity index (χ0v) is 7.69. The van der Waals surface area contributed by atoms with Crippen molar-refractivity contribution in [3.05, 3.63) is 23.8 Å². The second kappa shape index (κ2) is 3.31. The molecule has 14 heavy (non-hydrogen) atoms. The topological polar surface area (TPSA) is 55.8 Å². The molecule has 1 heterocycles. The highest BCUT2D eigenvalue weighted by atomic mass is 16.5. The summed E-state index contributed by atoms with van der Waals surface area (Å²) in [5.41, 5.74) is 0.475. The maximum Gasteiger partial charge on any atom is 0.209 e. The van der Waals surface area contributed by atoms with Crippen LogP contribution in [0.3, 0.4) is 0 Å². The van der Waals surface area contributed by atoms with Crippen LogP contribution in [0, 0.1) is 0 Å². The number of para-hydroxylation sites is 1. The lowest BCUT2D eigenvalue weighted by molar-refractivity contribution is 0.0738. The van der Waals surface area contributed by atoms with E-state index in [1.807, 2.05) is 0 Å². The summed E-state index contributed by atoms with van der Waals surface area (Å²) in [6.45, 7) is -0.309. The number of aliphatic hydroxyl groups is 1. The summed E-state index contributed by atoms with van der Waals surface area (Å²) < 4.78 is 10.3. The van der Waals surface area contributed by atoms with Crippen LogP contribution in [0.2, 0.25) is 0 Å². The fourth-order valence-corrected chi connectivity index (χ4v) is 1.48. The van der Waals surface area contributed by atoms with Gasteiger partial charge in [-0.2, -0.15) is 0 Å². The number of ketones is 1. The molecule has 0 saturated heterocycles. The fraction of sp³-hybridized carbons (Fsp3) is 0.300. The van der Waals surface area contributed by atoms with E-state index in [0.29, 0.717) is 17.1 Å². The van der Waals surface area contributed by atoms with Gasteiger partial charge >= 0.3 is 0 Å². The monoisotopic (exact) mass is 194 g/mol. The number of aliphatic hydroxyl groups excluding tert-OH is 1. The van der Waals surface area contributed by atoms with E-state index in [1.54, 1.807) is 18.2 Å². The Bertz CT molecular complexity index is 372. The predicted octanol–water partition coefficient (Wildman–Crippen LogP) is 0.631. The number of Topliss-reactive ketones (excluding diaryl/α,β-unsaturated/α-hetero) is 1. The molecule has 1 atom stereocenters. The van der Waals surface area contributed by atoms with Gasteiger partial charge in [0.05, 0.1) is 19.3 Å². The Balaban J connectivity index is 2.47. The smallest absolute Gasteiger partial charge is 0.209 e. The Morgan fingerprint density at radius 3 is 3.00 bits per heavy atom. The second-order valence-electron chi connectivity index (χ2n) is 2.99. The molecule has 1 aliphatic heterocycles. The molecule has 4 nitrogen and oxygen atoms in total. The molecule has 4 heteroatoms. The number of fused-ring (bicyclic) bond motifs is 1. The van der Waals surface area contributed by atoms with Crippen LogP contribution in [-0.2, 0) is 0 Å². The van der Waals surface area contributed by atoms with Crippen molar-refractivity contribution < 1.29 is 19.4 Å². The van der Waals surface area contributed by atoms with Gasteiger partial charge in [-0.1, -0.05) is 6.07 Å². The Hall–Kier alpha value is -1.55. The van der Waals surface area contributed by atoms with E-state index in [2.05, 4.69) is 0 Å². The standard InChI is InChI=1S/C10H10O4/c1-13-7-4-2-3-6-9(12)8(5-11)14-10(6)7/h2-4,8,11H,5H2,1H3. The van der Waals surface area contributed by atoms with E-state index in [4.69, 9.17) is 14.6 Å². The summed E-state index contributed by atoms with van der Waals surface area (Å²) in [7, 11) is 1.51. The minimum atomic E-state index is -0.777. The van der Waals surface area contributed by atoms with Crippen molar-refractivity contribution in [3.63, 3.8) is 0 Å². The molecule has 0 aromatic heterocycles. The van der Waals surface area contributed by atoms with Crippen molar-refractivity contribution in [1.29, 1.82) is 0 Å². The number of carbonyl (C=O) groups excluding carboxylic acids is 1. The van der Waals surface area contributed by atoms with Crippen LogP contribution in [0.1, 0.15) is 10.4 Å². The van der Waals surface area contributed by atoms with Gasteiger partial charge in [0.25, 0.3) is 0 Å². The fourth-order valence-electron chi connectivity index (χ4n) is 1.48. The Labute approximate surface area is 81.1 Å². The van der Waals surface area contributed by atoms with Crippen LogP contribution in [0.15, 0.2) is 18.2 Å². The van der Waals surface area contributed by atoms with Crippen LogP contribution in [0.25, 0.3) is 0 Å². The Morgan fingerprint density at radius 1 is 1.57 bits per heavy atom. The number of benzene rings is 1. The van der Waals surface area contributed by atoms with Crippen molar-refractivity contribution in [2.45, 2.75) is 6.10 Å². The van der Waals surface area contributed by atoms with Gasteiger partial charge in [-0.25, -0.2) is 0 Å². The first-order valence-electron chi connectivity index (χ1n) is 4.26. The lowest BCUT2D eigenvalue weighted by Gasteiger charge is -2.07. The molecule has 0 radical (unpaired) electrons. The molecule has 1 aliphatic rings. The lowest BCUT2D eigenvalue weighted by atomic mass is 10.1. The minimum absolute atomic E-state index is 0.193. The highest BCUT2D eigenvalue weighted by Crippen LogP contribution is 2.37. The predicted molar refractivity (Wildman–Crippen MR) is 48.8 cm³/mol. The zero-order valence-electron chi connectivity index (χ0n) is 7.69. The third kappa shape index (κ3) is 1.15. The first-order chi connectivity index (χ1) is 6.77. The highest BCUT2D eigenvalue weighted by molar-refractivity contribution is 6.05. The SMILES string of the molecule is COc1cccc2c1OC(CO)C2=O. The summed E-state index contributed by atoms with van der Waals surface area (Å²) in [6, 6.07) is 5.10. The first kappa shape index (κ1) is 9.02. The summed E-state index contributed by atoms with van der Waals surface area (Å²) in [5, 5.41) is 8.89. The van der Waals surface area contributed by atoms with Crippen molar-refractivity contribution >= 4 is 5.78 Å². The number of hydrogen-bond donors (Lipinski definition) is 1. The molecule has 1 unspecified atom stereocenters.